The maximum Gasteiger partial charge on any atom is 0.264 e. The van der Waals surface area contributed by atoms with Crippen LogP contribution in [-0.2, 0) is 19.6 Å². The van der Waals surface area contributed by atoms with Crippen molar-refractivity contribution in [2.75, 3.05) is 16.2 Å². The van der Waals surface area contributed by atoms with Crippen molar-refractivity contribution in [2.45, 2.75) is 32.6 Å². The van der Waals surface area contributed by atoms with Gasteiger partial charge in [0.1, 0.15) is 6.54 Å². The van der Waals surface area contributed by atoms with Gasteiger partial charge in [0.15, 0.2) is 0 Å². The topological polar surface area (TPSA) is 108 Å². The molecule has 9 heteroatoms. The van der Waals surface area contributed by atoms with Crippen molar-refractivity contribution in [1.82, 2.24) is 5.43 Å². The van der Waals surface area contributed by atoms with E-state index in [9.17, 15) is 18.0 Å². The van der Waals surface area contributed by atoms with Gasteiger partial charge in [-0.1, -0.05) is 36.4 Å². The highest BCUT2D eigenvalue weighted by Gasteiger charge is 2.27. The average Bonchev–Trinajstić information content (AvgIpc) is 2.83. The molecule has 35 heavy (non-hydrogen) atoms. The Hall–Kier alpha value is -3.98. The predicted molar refractivity (Wildman–Crippen MR) is 138 cm³/mol. The summed E-state index contributed by atoms with van der Waals surface area (Å²) in [5.41, 5.74) is 6.54. The van der Waals surface area contributed by atoms with Crippen molar-refractivity contribution in [2.24, 2.45) is 5.10 Å². The Kier molecular flexibility index (Phi) is 8.03. The lowest BCUT2D eigenvalue weighted by molar-refractivity contribution is -0.119. The fraction of sp³-hybridized carbons (Fsp3) is 0.192. The van der Waals surface area contributed by atoms with Gasteiger partial charge in [0, 0.05) is 12.6 Å². The number of hydrogen-bond acceptors (Lipinski definition) is 5. The number of hydrazone groups is 1. The van der Waals surface area contributed by atoms with Crippen molar-refractivity contribution < 1.29 is 18.0 Å². The van der Waals surface area contributed by atoms with E-state index in [4.69, 9.17) is 0 Å². The fourth-order valence-electron chi connectivity index (χ4n) is 3.32. The number of sulfonamides is 1. The van der Waals surface area contributed by atoms with Crippen LogP contribution in [0.3, 0.4) is 0 Å². The van der Waals surface area contributed by atoms with Gasteiger partial charge in [-0.2, -0.15) is 5.10 Å². The van der Waals surface area contributed by atoms with Crippen molar-refractivity contribution in [3.63, 3.8) is 0 Å². The molecule has 0 aliphatic carbocycles. The molecule has 0 saturated carbocycles. The largest absolute Gasteiger partial charge is 0.326 e. The molecule has 2 N–H and O–H groups in total. The van der Waals surface area contributed by atoms with Gasteiger partial charge in [-0.3, -0.25) is 13.9 Å². The number of rotatable bonds is 8. The molecule has 0 atom stereocenters. The summed E-state index contributed by atoms with van der Waals surface area (Å²) in [5, 5.41) is 6.83. The van der Waals surface area contributed by atoms with Gasteiger partial charge in [0.25, 0.3) is 15.9 Å². The molecule has 0 aliphatic rings. The first-order chi connectivity index (χ1) is 16.6. The van der Waals surface area contributed by atoms with Crippen molar-refractivity contribution in [3.8, 4) is 0 Å². The third-order valence-corrected chi connectivity index (χ3v) is 7.13. The van der Waals surface area contributed by atoms with E-state index >= 15 is 0 Å². The zero-order valence-corrected chi connectivity index (χ0v) is 20.9. The summed E-state index contributed by atoms with van der Waals surface area (Å²) in [5.74, 6) is -0.795. The van der Waals surface area contributed by atoms with Crippen molar-refractivity contribution in [3.05, 3.63) is 89.5 Å². The third-order valence-electron chi connectivity index (χ3n) is 5.35. The summed E-state index contributed by atoms with van der Waals surface area (Å²) >= 11 is 0. The highest BCUT2D eigenvalue weighted by Crippen LogP contribution is 2.25. The monoisotopic (exact) mass is 492 g/mol. The van der Waals surface area contributed by atoms with Crippen LogP contribution in [0.4, 0.5) is 11.4 Å². The molecular weight excluding hydrogens is 464 g/mol. The molecule has 0 fully saturated rings. The number of nitrogens with zero attached hydrogens (tertiary/aromatic N) is 2. The molecule has 3 aromatic carbocycles. The Morgan fingerprint density at radius 1 is 0.886 bits per heavy atom. The van der Waals surface area contributed by atoms with E-state index < -0.39 is 22.5 Å². The summed E-state index contributed by atoms with van der Waals surface area (Å²) < 4.78 is 27.9. The van der Waals surface area contributed by atoms with Gasteiger partial charge >= 0.3 is 0 Å². The molecule has 0 bridgehead atoms. The zero-order chi connectivity index (χ0) is 25.6. The lowest BCUT2D eigenvalue weighted by Crippen LogP contribution is -2.39. The summed E-state index contributed by atoms with van der Waals surface area (Å²) in [4.78, 5) is 24.2. The first kappa shape index (κ1) is 25.6. The van der Waals surface area contributed by atoms with Crippen LogP contribution in [0.1, 0.15) is 30.5 Å². The molecule has 182 valence electrons. The smallest absolute Gasteiger partial charge is 0.264 e. The maximum absolute atomic E-state index is 13.4. The molecule has 3 rings (SSSR count). The number of hydrogen-bond donors (Lipinski definition) is 2. The van der Waals surface area contributed by atoms with E-state index in [0.29, 0.717) is 22.6 Å². The second kappa shape index (κ2) is 11.0. The summed E-state index contributed by atoms with van der Waals surface area (Å²) in [7, 11) is -4.00. The van der Waals surface area contributed by atoms with Gasteiger partial charge in [-0.15, -0.1) is 0 Å². The second-order valence-electron chi connectivity index (χ2n) is 8.09. The van der Waals surface area contributed by atoms with E-state index in [1.165, 1.54) is 19.1 Å². The molecule has 0 heterocycles. The molecule has 8 nitrogen and oxygen atoms in total. The van der Waals surface area contributed by atoms with E-state index in [1.54, 1.807) is 61.5 Å². The minimum absolute atomic E-state index is 0.0838. The second-order valence-corrected chi connectivity index (χ2v) is 9.95. The molecule has 0 spiro atoms. The third kappa shape index (κ3) is 6.54. The summed E-state index contributed by atoms with van der Waals surface area (Å²) in [6.45, 7) is 6.48. The lowest BCUT2D eigenvalue weighted by atomic mass is 10.1. The molecule has 2 amide bonds. The van der Waals surface area contributed by atoms with Gasteiger partial charge in [0.05, 0.1) is 16.3 Å². The van der Waals surface area contributed by atoms with E-state index in [2.05, 4.69) is 15.8 Å². The standard InChI is InChI=1S/C26H28N4O4S/c1-18-13-14-24(15-19(18)2)30(35(33,34)25-11-6-5-7-12-25)17-26(32)29-28-20(3)22-9-8-10-23(16-22)27-21(4)31/h5-16H,17H2,1-4H3,(H,27,31)(H,29,32)/b28-20+. The van der Waals surface area contributed by atoms with Gasteiger partial charge in [0.2, 0.25) is 5.91 Å². The van der Waals surface area contributed by atoms with Gasteiger partial charge in [-0.05, 0) is 73.9 Å². The number of benzene rings is 3. The van der Waals surface area contributed by atoms with Gasteiger partial charge in [-0.25, -0.2) is 13.8 Å². The fourth-order valence-corrected chi connectivity index (χ4v) is 4.75. The number of carbonyl (C=O) groups excluding carboxylic acids is 2. The number of nitrogens with one attached hydrogen (secondary N) is 2. The summed E-state index contributed by atoms with van der Waals surface area (Å²) in [6.07, 6.45) is 0. The lowest BCUT2D eigenvalue weighted by Gasteiger charge is -2.24. The molecule has 0 aliphatic heterocycles. The van der Waals surface area contributed by atoms with E-state index in [0.717, 1.165) is 15.4 Å². The first-order valence-electron chi connectivity index (χ1n) is 10.9. The number of amides is 2. The van der Waals surface area contributed by atoms with Crippen LogP contribution in [0.2, 0.25) is 0 Å². The Balaban J connectivity index is 1.85. The normalized spacial score (nSPS) is 11.6. The Bertz CT molecular complexity index is 1370. The Morgan fingerprint density at radius 3 is 2.26 bits per heavy atom. The van der Waals surface area contributed by atoms with Crippen molar-refractivity contribution in [1.29, 1.82) is 0 Å². The molecule has 0 aromatic heterocycles. The Labute approximate surface area is 205 Å². The first-order valence-corrected chi connectivity index (χ1v) is 12.4. The van der Waals surface area contributed by atoms with Crippen LogP contribution >= 0.6 is 0 Å². The van der Waals surface area contributed by atoms with Gasteiger partial charge < -0.3 is 5.32 Å². The molecule has 3 aromatic rings. The predicted octanol–water partition coefficient (Wildman–Crippen LogP) is 4.00. The van der Waals surface area contributed by atoms with E-state index in [-0.39, 0.29) is 10.8 Å². The molecular formula is C26H28N4O4S. The minimum atomic E-state index is -4.00. The van der Waals surface area contributed by atoms with Crippen LogP contribution in [0.25, 0.3) is 0 Å². The highest BCUT2D eigenvalue weighted by atomic mass is 32.2. The number of anilines is 2. The minimum Gasteiger partial charge on any atom is -0.326 e. The average molecular weight is 493 g/mol. The zero-order valence-electron chi connectivity index (χ0n) is 20.1. The maximum atomic E-state index is 13.4. The quantitative estimate of drug-likeness (QED) is 0.366. The van der Waals surface area contributed by atoms with Crippen molar-refractivity contribution >= 4 is 38.9 Å². The van der Waals surface area contributed by atoms with E-state index in [1.807, 2.05) is 19.9 Å². The van der Waals surface area contributed by atoms with Crippen LogP contribution in [-0.4, -0.2) is 32.5 Å². The Morgan fingerprint density at radius 2 is 1.60 bits per heavy atom. The van der Waals surface area contributed by atoms with Crippen LogP contribution in [0.5, 0.6) is 0 Å². The molecule has 0 saturated heterocycles. The summed E-state index contributed by atoms with van der Waals surface area (Å²) in [6, 6.07) is 20.2. The molecule has 0 unspecified atom stereocenters. The number of aryl methyl sites for hydroxylation is 2. The highest BCUT2D eigenvalue weighted by molar-refractivity contribution is 7.92. The van der Waals surface area contributed by atoms with Crippen LogP contribution < -0.4 is 15.0 Å². The number of carbonyl (C=O) groups is 2. The van der Waals surface area contributed by atoms with Crippen LogP contribution in [0, 0.1) is 13.8 Å². The molecule has 0 radical (unpaired) electrons. The SMILES string of the molecule is CC(=O)Nc1cccc(/C(C)=N/NC(=O)CN(c2ccc(C)c(C)c2)S(=O)(=O)c2ccccc2)c1. The van der Waals surface area contributed by atoms with Crippen LogP contribution in [0.15, 0.2) is 82.8 Å².